The molecular weight excluding hydrogens is 374 g/mol. The van der Waals surface area contributed by atoms with Crippen LogP contribution in [0.4, 0.5) is 5.69 Å². The first kappa shape index (κ1) is 20.2. The van der Waals surface area contributed by atoms with Gasteiger partial charge in [0.15, 0.2) is 11.3 Å². The Hall–Kier alpha value is -3.06. The van der Waals surface area contributed by atoms with Crippen LogP contribution in [-0.4, -0.2) is 50.7 Å². The molecule has 0 bridgehead atoms. The van der Waals surface area contributed by atoms with Gasteiger partial charge in [-0.2, -0.15) is 5.10 Å². The fraction of sp³-hybridized carbons (Fsp3) is 0.391. The van der Waals surface area contributed by atoms with Crippen LogP contribution in [0.15, 0.2) is 36.7 Å². The topological polar surface area (TPSA) is 71.2 Å². The van der Waals surface area contributed by atoms with Crippen molar-refractivity contribution < 1.29 is 0 Å². The Kier molecular flexibility index (Phi) is 5.63. The largest absolute Gasteiger partial charge is 0.369 e. The second kappa shape index (κ2) is 8.36. The number of aryl methyl sites for hydroxylation is 2. The summed E-state index contributed by atoms with van der Waals surface area (Å²) < 4.78 is 1.83. The number of imidazole rings is 1. The van der Waals surface area contributed by atoms with Crippen LogP contribution in [0.2, 0.25) is 0 Å². The predicted octanol–water partition coefficient (Wildman–Crippen LogP) is 3.78. The lowest BCUT2D eigenvalue weighted by molar-refractivity contribution is 0.617. The van der Waals surface area contributed by atoms with E-state index in [1.54, 1.807) is 0 Å². The van der Waals surface area contributed by atoms with E-state index in [2.05, 4.69) is 37.4 Å². The standard InChI is InChI=1S/C21H23N7.C2H6/c1-13-8-19(26-28-11-14(2)24-21(13)28)18-5-4-15-9-17(10-23-20(15)25-18)27-7-6-16(12-27)22-3;1-2/h4-5,8-11,16,22H,6-7,12H2,1-3H3;1-2H3. The summed E-state index contributed by atoms with van der Waals surface area (Å²) in [7, 11) is 2.02. The first-order valence-electron chi connectivity index (χ1n) is 10.6. The van der Waals surface area contributed by atoms with E-state index in [0.717, 1.165) is 64.5 Å². The molecule has 5 rings (SSSR count). The van der Waals surface area contributed by atoms with Crippen LogP contribution in [0.5, 0.6) is 0 Å². The highest BCUT2D eigenvalue weighted by atomic mass is 15.3. The molecule has 5 heterocycles. The molecule has 0 saturated carbocycles. The monoisotopic (exact) mass is 403 g/mol. The van der Waals surface area contributed by atoms with Gasteiger partial charge in [0.2, 0.25) is 0 Å². The van der Waals surface area contributed by atoms with E-state index in [0.29, 0.717) is 6.04 Å². The van der Waals surface area contributed by atoms with Crippen molar-refractivity contribution in [3.05, 3.63) is 47.9 Å². The van der Waals surface area contributed by atoms with Crippen molar-refractivity contribution in [2.45, 2.75) is 40.2 Å². The van der Waals surface area contributed by atoms with Gasteiger partial charge >= 0.3 is 0 Å². The summed E-state index contributed by atoms with van der Waals surface area (Å²) in [6, 6.07) is 8.86. The molecule has 1 aliphatic rings. The first-order chi connectivity index (χ1) is 14.6. The second-order valence-electron chi connectivity index (χ2n) is 7.52. The Morgan fingerprint density at radius 2 is 1.90 bits per heavy atom. The van der Waals surface area contributed by atoms with Crippen LogP contribution in [0.3, 0.4) is 0 Å². The summed E-state index contributed by atoms with van der Waals surface area (Å²) in [5.41, 5.74) is 6.46. The second-order valence-corrected chi connectivity index (χ2v) is 7.52. The number of nitrogens with one attached hydrogen (secondary N) is 1. The van der Waals surface area contributed by atoms with E-state index < -0.39 is 0 Å². The van der Waals surface area contributed by atoms with Crippen molar-refractivity contribution in [3.8, 4) is 11.4 Å². The number of rotatable bonds is 3. The molecule has 7 heteroatoms. The Bertz CT molecular complexity index is 1180. The zero-order valence-corrected chi connectivity index (χ0v) is 18.3. The molecule has 4 aromatic rings. The molecule has 0 aromatic carbocycles. The molecular formula is C23H29N7. The first-order valence-corrected chi connectivity index (χ1v) is 10.6. The molecule has 1 saturated heterocycles. The van der Waals surface area contributed by atoms with Gasteiger partial charge in [-0.25, -0.2) is 19.5 Å². The smallest absolute Gasteiger partial charge is 0.159 e. The third-order valence-electron chi connectivity index (χ3n) is 5.48. The van der Waals surface area contributed by atoms with Crippen LogP contribution in [0, 0.1) is 13.8 Å². The average molecular weight is 404 g/mol. The molecule has 1 fully saturated rings. The van der Waals surface area contributed by atoms with Gasteiger partial charge in [0.05, 0.1) is 29.5 Å². The normalized spacial score (nSPS) is 16.2. The number of aromatic nitrogens is 5. The fourth-order valence-corrected chi connectivity index (χ4v) is 3.92. The number of hydrogen-bond donors (Lipinski definition) is 1. The third kappa shape index (κ3) is 3.73. The average Bonchev–Trinajstić information content (AvgIpc) is 3.40. The van der Waals surface area contributed by atoms with Gasteiger partial charge in [0, 0.05) is 24.5 Å². The molecule has 1 aliphatic heterocycles. The van der Waals surface area contributed by atoms with Gasteiger partial charge in [-0.1, -0.05) is 13.8 Å². The van der Waals surface area contributed by atoms with Crippen LogP contribution in [0.1, 0.15) is 31.5 Å². The van der Waals surface area contributed by atoms with E-state index in [9.17, 15) is 0 Å². The van der Waals surface area contributed by atoms with Gasteiger partial charge in [0.1, 0.15) is 5.69 Å². The van der Waals surface area contributed by atoms with Crippen LogP contribution >= 0.6 is 0 Å². The lowest BCUT2D eigenvalue weighted by Crippen LogP contribution is -2.29. The highest BCUT2D eigenvalue weighted by molar-refractivity contribution is 5.81. The Morgan fingerprint density at radius 1 is 1.07 bits per heavy atom. The number of likely N-dealkylation sites (N-methyl/N-ethyl adjacent to an activating group) is 1. The van der Waals surface area contributed by atoms with E-state index in [1.807, 2.05) is 63.8 Å². The SMILES string of the molecule is CC.CNC1CCN(c2cnc3nc(-c4cc(C)c5nc(C)cn5n4)ccc3c2)C1. The van der Waals surface area contributed by atoms with Crippen molar-refractivity contribution in [1.82, 2.24) is 29.9 Å². The zero-order chi connectivity index (χ0) is 21.3. The number of fused-ring (bicyclic) bond motifs is 2. The Morgan fingerprint density at radius 3 is 2.67 bits per heavy atom. The summed E-state index contributed by atoms with van der Waals surface area (Å²) >= 11 is 0. The van der Waals surface area contributed by atoms with Crippen molar-refractivity contribution in [3.63, 3.8) is 0 Å². The maximum absolute atomic E-state index is 4.76. The van der Waals surface area contributed by atoms with E-state index in [1.165, 1.54) is 0 Å². The van der Waals surface area contributed by atoms with Gasteiger partial charge in [-0.3, -0.25) is 0 Å². The summed E-state index contributed by atoms with van der Waals surface area (Å²) in [4.78, 5) is 16.3. The molecule has 7 nitrogen and oxygen atoms in total. The fourth-order valence-electron chi connectivity index (χ4n) is 3.92. The highest BCUT2D eigenvalue weighted by Crippen LogP contribution is 2.25. The van der Waals surface area contributed by atoms with Gasteiger partial charge in [-0.15, -0.1) is 0 Å². The molecule has 4 aromatic heterocycles. The zero-order valence-electron chi connectivity index (χ0n) is 18.3. The Labute approximate surface area is 177 Å². The maximum atomic E-state index is 4.76. The van der Waals surface area contributed by atoms with Crippen LogP contribution < -0.4 is 10.2 Å². The highest BCUT2D eigenvalue weighted by Gasteiger charge is 2.21. The Balaban J connectivity index is 0.00000106. The molecule has 1 atom stereocenters. The lowest BCUT2D eigenvalue weighted by atomic mass is 10.2. The minimum atomic E-state index is 0.548. The molecule has 0 amide bonds. The molecule has 30 heavy (non-hydrogen) atoms. The van der Waals surface area contributed by atoms with Gasteiger partial charge in [0.25, 0.3) is 0 Å². The minimum Gasteiger partial charge on any atom is -0.369 e. The summed E-state index contributed by atoms with van der Waals surface area (Å²) in [6.07, 6.45) is 5.02. The minimum absolute atomic E-state index is 0.548. The van der Waals surface area contributed by atoms with Crippen molar-refractivity contribution in [1.29, 1.82) is 0 Å². The summed E-state index contributed by atoms with van der Waals surface area (Å²) in [5.74, 6) is 0. The predicted molar refractivity (Wildman–Crippen MR) is 122 cm³/mol. The number of nitrogens with zero attached hydrogens (tertiary/aromatic N) is 6. The van der Waals surface area contributed by atoms with E-state index in [4.69, 9.17) is 4.98 Å². The summed E-state index contributed by atoms with van der Waals surface area (Å²) in [6.45, 7) is 10.1. The lowest BCUT2D eigenvalue weighted by Gasteiger charge is -2.18. The van der Waals surface area contributed by atoms with E-state index >= 15 is 0 Å². The molecule has 0 spiro atoms. The number of pyridine rings is 2. The molecule has 0 aliphatic carbocycles. The molecule has 156 valence electrons. The summed E-state index contributed by atoms with van der Waals surface area (Å²) in [5, 5.41) is 9.08. The van der Waals surface area contributed by atoms with Crippen LogP contribution in [-0.2, 0) is 0 Å². The quantitative estimate of drug-likeness (QED) is 0.561. The third-order valence-corrected chi connectivity index (χ3v) is 5.48. The maximum Gasteiger partial charge on any atom is 0.159 e. The van der Waals surface area contributed by atoms with Gasteiger partial charge in [-0.05, 0) is 57.1 Å². The van der Waals surface area contributed by atoms with Crippen LogP contribution in [0.25, 0.3) is 28.1 Å². The number of anilines is 1. The van der Waals surface area contributed by atoms with Gasteiger partial charge < -0.3 is 10.2 Å². The van der Waals surface area contributed by atoms with E-state index in [-0.39, 0.29) is 0 Å². The van der Waals surface area contributed by atoms with Crippen molar-refractivity contribution in [2.75, 3.05) is 25.0 Å². The molecule has 0 radical (unpaired) electrons. The van der Waals surface area contributed by atoms with Crippen molar-refractivity contribution >= 4 is 22.4 Å². The molecule has 1 N–H and O–H groups in total. The van der Waals surface area contributed by atoms with Crippen molar-refractivity contribution in [2.24, 2.45) is 0 Å². The number of hydrogen-bond acceptors (Lipinski definition) is 6. The molecule has 1 unspecified atom stereocenters.